The van der Waals surface area contributed by atoms with Gasteiger partial charge in [-0.25, -0.2) is 8.42 Å². The number of hydrogen-bond acceptors (Lipinski definition) is 5. The fraction of sp³-hybridized carbons (Fsp3) is 0.600. The van der Waals surface area contributed by atoms with E-state index in [1.807, 2.05) is 0 Å². The highest BCUT2D eigenvalue weighted by Gasteiger charge is 2.36. The van der Waals surface area contributed by atoms with Crippen molar-refractivity contribution in [2.45, 2.75) is 23.3 Å². The summed E-state index contributed by atoms with van der Waals surface area (Å²) >= 11 is 6.95. The molecule has 2 N–H and O–H groups in total. The molecule has 0 aliphatic carbocycles. The van der Waals surface area contributed by atoms with Gasteiger partial charge in [0.05, 0.1) is 16.5 Å². The van der Waals surface area contributed by atoms with E-state index in [2.05, 4.69) is 5.32 Å². The second-order valence-electron chi connectivity index (χ2n) is 4.34. The molecule has 0 aromatic carbocycles. The van der Waals surface area contributed by atoms with Crippen LogP contribution < -0.4 is 5.32 Å². The number of halogens is 1. The third-order valence-electron chi connectivity index (χ3n) is 3.09. The highest BCUT2D eigenvalue weighted by atomic mass is 35.5. The number of sulfonamides is 1. The summed E-state index contributed by atoms with van der Waals surface area (Å²) in [5, 5.41) is 12.7. The van der Waals surface area contributed by atoms with Crippen molar-refractivity contribution in [3.63, 3.8) is 0 Å². The number of rotatable bonds is 3. The average Bonchev–Trinajstić information content (AvgIpc) is 2.85. The van der Waals surface area contributed by atoms with Crippen molar-refractivity contribution < 1.29 is 13.5 Å². The molecule has 0 spiro atoms. The van der Waals surface area contributed by atoms with Gasteiger partial charge in [0.1, 0.15) is 4.21 Å². The second-order valence-corrected chi connectivity index (χ2v) is 8.21. The van der Waals surface area contributed by atoms with E-state index in [1.165, 1.54) is 11.4 Å². The lowest BCUT2D eigenvalue weighted by Gasteiger charge is -2.24. The van der Waals surface area contributed by atoms with Gasteiger partial charge in [-0.2, -0.15) is 4.31 Å². The Morgan fingerprint density at radius 1 is 1.56 bits per heavy atom. The first kappa shape index (κ1) is 14.2. The summed E-state index contributed by atoms with van der Waals surface area (Å²) in [6.45, 7) is 2.63. The number of hydrogen-bond donors (Lipinski definition) is 2. The number of aliphatic hydroxyl groups is 1. The van der Waals surface area contributed by atoms with E-state index in [9.17, 15) is 13.5 Å². The summed E-state index contributed by atoms with van der Waals surface area (Å²) in [5.74, 6) is 0. The summed E-state index contributed by atoms with van der Waals surface area (Å²) in [6, 6.07) is 1.13. The highest BCUT2D eigenvalue weighted by molar-refractivity contribution is 7.91. The molecule has 0 bridgehead atoms. The standard InChI is InChI=1S/C10H15ClN2O3S2/c1-6-3-9(17-10(6)11)18(15,16)13(2)7-4-12-5-8(7)14/h3,7-8,12,14H,4-5H2,1-2H3/t7-,8-/m1/s1. The third-order valence-corrected chi connectivity index (χ3v) is 6.97. The Balaban J connectivity index is 2.30. The maximum absolute atomic E-state index is 12.4. The maximum Gasteiger partial charge on any atom is 0.252 e. The van der Waals surface area contributed by atoms with Crippen LogP contribution in [-0.4, -0.2) is 50.1 Å². The van der Waals surface area contributed by atoms with Crippen LogP contribution in [0.1, 0.15) is 5.56 Å². The van der Waals surface area contributed by atoms with E-state index in [1.54, 1.807) is 13.0 Å². The minimum atomic E-state index is -3.59. The Morgan fingerprint density at radius 3 is 2.67 bits per heavy atom. The van der Waals surface area contributed by atoms with Crippen LogP contribution in [0.5, 0.6) is 0 Å². The van der Waals surface area contributed by atoms with Crippen LogP contribution in [0.25, 0.3) is 0 Å². The fourth-order valence-electron chi connectivity index (χ4n) is 1.90. The van der Waals surface area contributed by atoms with E-state index in [0.717, 1.165) is 16.9 Å². The van der Waals surface area contributed by atoms with E-state index in [4.69, 9.17) is 11.6 Å². The van der Waals surface area contributed by atoms with E-state index in [-0.39, 0.29) is 4.21 Å². The summed E-state index contributed by atoms with van der Waals surface area (Å²) in [4.78, 5) is 0. The molecule has 2 atom stereocenters. The van der Waals surface area contributed by atoms with Crippen molar-refractivity contribution in [1.29, 1.82) is 0 Å². The molecule has 1 aliphatic heterocycles. The largest absolute Gasteiger partial charge is 0.390 e. The molecule has 0 amide bonds. The summed E-state index contributed by atoms with van der Waals surface area (Å²) in [7, 11) is -2.10. The van der Waals surface area contributed by atoms with E-state index < -0.39 is 22.2 Å². The van der Waals surface area contributed by atoms with Gasteiger partial charge in [0.15, 0.2) is 0 Å². The number of nitrogens with zero attached hydrogens (tertiary/aromatic N) is 1. The van der Waals surface area contributed by atoms with Crippen LogP contribution in [0.4, 0.5) is 0 Å². The van der Waals surface area contributed by atoms with Gasteiger partial charge in [0.25, 0.3) is 10.0 Å². The van der Waals surface area contributed by atoms with Gasteiger partial charge in [0.2, 0.25) is 0 Å². The molecule has 8 heteroatoms. The minimum Gasteiger partial charge on any atom is -0.390 e. The van der Waals surface area contributed by atoms with Gasteiger partial charge in [-0.15, -0.1) is 11.3 Å². The molecule has 1 aromatic rings. The smallest absolute Gasteiger partial charge is 0.252 e. The van der Waals surface area contributed by atoms with Crippen molar-refractivity contribution >= 4 is 33.0 Å². The van der Waals surface area contributed by atoms with Gasteiger partial charge in [-0.1, -0.05) is 11.6 Å². The Kier molecular flexibility index (Phi) is 4.01. The zero-order valence-electron chi connectivity index (χ0n) is 10.1. The topological polar surface area (TPSA) is 69.6 Å². The predicted molar refractivity (Wildman–Crippen MR) is 71.7 cm³/mol. The first-order chi connectivity index (χ1) is 8.34. The number of likely N-dealkylation sites (N-methyl/N-ethyl adjacent to an activating group) is 1. The molecule has 0 unspecified atom stereocenters. The molecule has 102 valence electrons. The summed E-state index contributed by atoms with van der Waals surface area (Å²) in [5.41, 5.74) is 0.749. The molecule has 1 fully saturated rings. The fourth-order valence-corrected chi connectivity index (χ4v) is 5.18. The van der Waals surface area contributed by atoms with Gasteiger partial charge in [0, 0.05) is 20.1 Å². The lowest BCUT2D eigenvalue weighted by atomic mass is 10.2. The van der Waals surface area contributed by atoms with Gasteiger partial charge >= 0.3 is 0 Å². The normalized spacial score (nSPS) is 24.9. The number of aliphatic hydroxyl groups excluding tert-OH is 1. The molecule has 5 nitrogen and oxygen atoms in total. The van der Waals surface area contributed by atoms with Crippen molar-refractivity contribution in [1.82, 2.24) is 9.62 Å². The van der Waals surface area contributed by atoms with E-state index in [0.29, 0.717) is 17.4 Å². The zero-order chi connectivity index (χ0) is 13.5. The first-order valence-electron chi connectivity index (χ1n) is 5.47. The Labute approximate surface area is 115 Å². The Bertz CT molecular complexity index is 524. The molecular weight excluding hydrogens is 296 g/mol. The number of nitrogens with one attached hydrogen (secondary N) is 1. The summed E-state index contributed by atoms with van der Waals surface area (Å²) in [6.07, 6.45) is -0.679. The minimum absolute atomic E-state index is 0.214. The molecule has 1 saturated heterocycles. The third kappa shape index (κ3) is 2.43. The number of aryl methyl sites for hydroxylation is 1. The van der Waals surface area contributed by atoms with Crippen molar-refractivity contribution in [2.75, 3.05) is 20.1 Å². The van der Waals surface area contributed by atoms with Gasteiger partial charge < -0.3 is 10.4 Å². The zero-order valence-corrected chi connectivity index (χ0v) is 12.4. The van der Waals surface area contributed by atoms with Crippen molar-refractivity contribution in [3.8, 4) is 0 Å². The van der Waals surface area contributed by atoms with Gasteiger partial charge in [-0.3, -0.25) is 0 Å². The van der Waals surface area contributed by atoms with Crippen molar-refractivity contribution in [2.24, 2.45) is 0 Å². The monoisotopic (exact) mass is 310 g/mol. The van der Waals surface area contributed by atoms with Crippen LogP contribution in [0.15, 0.2) is 10.3 Å². The molecule has 0 radical (unpaired) electrons. The molecule has 2 heterocycles. The lowest BCUT2D eigenvalue weighted by Crippen LogP contribution is -2.43. The quantitative estimate of drug-likeness (QED) is 0.860. The Hall–Kier alpha value is -0.180. The average molecular weight is 311 g/mol. The number of β-amino-alcohol motifs (C(OH)–C–C–N with tert-alkyl or cyclic N) is 1. The van der Waals surface area contributed by atoms with Gasteiger partial charge in [-0.05, 0) is 18.6 Å². The predicted octanol–water partition coefficient (Wildman–Crippen LogP) is 0.663. The molecule has 1 aromatic heterocycles. The molecule has 0 saturated carbocycles. The van der Waals surface area contributed by atoms with E-state index >= 15 is 0 Å². The second kappa shape index (κ2) is 5.07. The van der Waals surface area contributed by atoms with Crippen molar-refractivity contribution in [3.05, 3.63) is 16.0 Å². The first-order valence-corrected chi connectivity index (χ1v) is 8.10. The molecule has 2 rings (SSSR count). The molecule has 18 heavy (non-hydrogen) atoms. The van der Waals surface area contributed by atoms with Crippen LogP contribution in [0.2, 0.25) is 4.34 Å². The Morgan fingerprint density at radius 2 is 2.22 bits per heavy atom. The van der Waals surface area contributed by atoms with Crippen LogP contribution in [-0.2, 0) is 10.0 Å². The maximum atomic E-state index is 12.4. The summed E-state index contributed by atoms with van der Waals surface area (Å²) < 4.78 is 26.7. The van der Waals surface area contributed by atoms with Crippen LogP contribution in [0, 0.1) is 6.92 Å². The lowest BCUT2D eigenvalue weighted by molar-refractivity contribution is 0.136. The molecular formula is C10H15ClN2O3S2. The van der Waals surface area contributed by atoms with Crippen LogP contribution >= 0.6 is 22.9 Å². The number of thiophene rings is 1. The highest BCUT2D eigenvalue weighted by Crippen LogP contribution is 2.32. The van der Waals surface area contributed by atoms with Crippen LogP contribution in [0.3, 0.4) is 0 Å². The molecule has 1 aliphatic rings. The SMILES string of the molecule is Cc1cc(S(=O)(=O)N(C)[C@@H]2CNC[C@H]2O)sc1Cl.